The van der Waals surface area contributed by atoms with Gasteiger partial charge in [0.15, 0.2) is 0 Å². The van der Waals surface area contributed by atoms with Crippen molar-refractivity contribution in [3.63, 3.8) is 0 Å². The fraction of sp³-hybridized carbons (Fsp3) is 0.444. The van der Waals surface area contributed by atoms with Crippen LogP contribution in [0.3, 0.4) is 0 Å². The summed E-state index contributed by atoms with van der Waals surface area (Å²) in [6, 6.07) is 0. The SMILES string of the molecule is C=C1C(Cl)=CNC1=NC(C)OCCN. The van der Waals surface area contributed by atoms with Gasteiger partial charge in [-0.15, -0.1) is 0 Å². The van der Waals surface area contributed by atoms with Crippen LogP contribution in [0.25, 0.3) is 0 Å². The smallest absolute Gasteiger partial charge is 0.147 e. The topological polar surface area (TPSA) is 59.6 Å². The van der Waals surface area contributed by atoms with Crippen molar-refractivity contribution < 1.29 is 4.74 Å². The minimum Gasteiger partial charge on any atom is -0.355 e. The van der Waals surface area contributed by atoms with Crippen LogP contribution in [0, 0.1) is 0 Å². The predicted octanol–water partition coefficient (Wildman–Crippen LogP) is 0.946. The second kappa shape index (κ2) is 5.14. The highest BCUT2D eigenvalue weighted by molar-refractivity contribution is 6.37. The predicted molar refractivity (Wildman–Crippen MR) is 58.1 cm³/mol. The first kappa shape index (κ1) is 11.2. The zero-order valence-corrected chi connectivity index (χ0v) is 8.84. The first-order chi connectivity index (χ1) is 6.65. The van der Waals surface area contributed by atoms with E-state index in [2.05, 4.69) is 16.9 Å². The van der Waals surface area contributed by atoms with Crippen molar-refractivity contribution in [2.45, 2.75) is 13.2 Å². The van der Waals surface area contributed by atoms with Crippen molar-refractivity contribution in [3.05, 3.63) is 23.4 Å². The van der Waals surface area contributed by atoms with Crippen LogP contribution < -0.4 is 11.1 Å². The summed E-state index contributed by atoms with van der Waals surface area (Å²) in [5.41, 5.74) is 5.99. The number of halogens is 1. The molecule has 0 aromatic rings. The number of amidine groups is 1. The van der Waals surface area contributed by atoms with Gasteiger partial charge in [-0.05, 0) is 6.92 Å². The Labute approximate surface area is 88.5 Å². The average molecular weight is 216 g/mol. The Morgan fingerprint density at radius 2 is 2.50 bits per heavy atom. The number of nitrogens with zero attached hydrogens (tertiary/aromatic N) is 1. The molecule has 0 saturated carbocycles. The van der Waals surface area contributed by atoms with Crippen molar-refractivity contribution in [1.82, 2.24) is 5.32 Å². The molecule has 0 spiro atoms. The molecular weight excluding hydrogens is 202 g/mol. The largest absolute Gasteiger partial charge is 0.355 e. The fourth-order valence-corrected chi connectivity index (χ4v) is 1.14. The van der Waals surface area contributed by atoms with Crippen molar-refractivity contribution >= 4 is 17.4 Å². The van der Waals surface area contributed by atoms with E-state index in [0.717, 1.165) is 0 Å². The number of aliphatic imine (C=N–C) groups is 1. The molecule has 0 amide bonds. The monoisotopic (exact) mass is 215 g/mol. The molecule has 14 heavy (non-hydrogen) atoms. The zero-order chi connectivity index (χ0) is 10.6. The highest BCUT2D eigenvalue weighted by atomic mass is 35.5. The Kier molecular flexibility index (Phi) is 4.13. The van der Waals surface area contributed by atoms with Crippen LogP contribution in [0.2, 0.25) is 0 Å². The molecule has 0 aliphatic carbocycles. The highest BCUT2D eigenvalue weighted by Crippen LogP contribution is 2.18. The lowest BCUT2D eigenvalue weighted by molar-refractivity contribution is 0.0784. The average Bonchev–Trinajstić information content (AvgIpc) is 2.46. The van der Waals surface area contributed by atoms with Crippen LogP contribution in [0.4, 0.5) is 0 Å². The van der Waals surface area contributed by atoms with Crippen LogP contribution in [0.15, 0.2) is 28.4 Å². The second-order valence-electron chi connectivity index (χ2n) is 2.85. The maximum absolute atomic E-state index is 5.80. The van der Waals surface area contributed by atoms with E-state index in [0.29, 0.717) is 29.6 Å². The van der Waals surface area contributed by atoms with E-state index in [1.54, 1.807) is 6.20 Å². The molecule has 0 saturated heterocycles. The molecule has 0 bridgehead atoms. The second-order valence-corrected chi connectivity index (χ2v) is 3.26. The summed E-state index contributed by atoms with van der Waals surface area (Å²) >= 11 is 5.80. The summed E-state index contributed by atoms with van der Waals surface area (Å²) in [6.07, 6.45) is 1.41. The van der Waals surface area contributed by atoms with E-state index in [9.17, 15) is 0 Å². The first-order valence-electron chi connectivity index (χ1n) is 4.36. The summed E-state index contributed by atoms with van der Waals surface area (Å²) in [5, 5.41) is 3.49. The van der Waals surface area contributed by atoms with Crippen LogP contribution in [-0.2, 0) is 4.74 Å². The fourth-order valence-electron chi connectivity index (χ4n) is 0.992. The molecule has 0 aromatic carbocycles. The van der Waals surface area contributed by atoms with E-state index in [1.165, 1.54) is 0 Å². The van der Waals surface area contributed by atoms with Gasteiger partial charge < -0.3 is 15.8 Å². The molecule has 5 heteroatoms. The lowest BCUT2D eigenvalue weighted by Crippen LogP contribution is -2.19. The quantitative estimate of drug-likeness (QED) is 0.734. The van der Waals surface area contributed by atoms with E-state index in [-0.39, 0.29) is 6.23 Å². The van der Waals surface area contributed by atoms with Gasteiger partial charge in [0, 0.05) is 18.3 Å². The number of ether oxygens (including phenoxy) is 1. The summed E-state index contributed by atoms with van der Waals surface area (Å²) < 4.78 is 5.28. The van der Waals surface area contributed by atoms with E-state index >= 15 is 0 Å². The molecule has 1 unspecified atom stereocenters. The van der Waals surface area contributed by atoms with Gasteiger partial charge in [-0.3, -0.25) is 0 Å². The Morgan fingerprint density at radius 1 is 1.79 bits per heavy atom. The summed E-state index contributed by atoms with van der Waals surface area (Å²) in [4.78, 5) is 4.24. The third-order valence-electron chi connectivity index (χ3n) is 1.70. The van der Waals surface area contributed by atoms with E-state index in [1.807, 2.05) is 6.92 Å². The summed E-state index contributed by atoms with van der Waals surface area (Å²) in [7, 11) is 0. The normalized spacial score (nSPS) is 20.9. The minimum atomic E-state index is -0.242. The van der Waals surface area contributed by atoms with Gasteiger partial charge in [-0.25, -0.2) is 4.99 Å². The molecule has 0 fully saturated rings. The van der Waals surface area contributed by atoms with Crippen molar-refractivity contribution in [1.29, 1.82) is 0 Å². The maximum atomic E-state index is 5.80. The van der Waals surface area contributed by atoms with Crippen LogP contribution in [0.1, 0.15) is 6.92 Å². The van der Waals surface area contributed by atoms with Crippen LogP contribution >= 0.6 is 11.6 Å². The number of hydrogen-bond donors (Lipinski definition) is 2. The molecule has 1 aliphatic rings. The lowest BCUT2D eigenvalue weighted by Gasteiger charge is -2.09. The number of rotatable bonds is 4. The Bertz CT molecular complexity index is 286. The third kappa shape index (κ3) is 2.83. The Balaban J connectivity index is 2.50. The van der Waals surface area contributed by atoms with Crippen molar-refractivity contribution in [2.75, 3.05) is 13.2 Å². The van der Waals surface area contributed by atoms with Crippen molar-refractivity contribution in [2.24, 2.45) is 10.7 Å². The molecule has 78 valence electrons. The van der Waals surface area contributed by atoms with Gasteiger partial charge >= 0.3 is 0 Å². The Morgan fingerprint density at radius 3 is 3.00 bits per heavy atom. The standard InChI is InChI=1S/C9H14ClN3O/c1-6-8(10)5-12-9(6)13-7(2)14-4-3-11/h5,7H,1,3-4,11H2,2H3,(H,12,13). The molecule has 3 N–H and O–H groups in total. The molecule has 1 rings (SSSR count). The summed E-state index contributed by atoms with van der Waals surface area (Å²) in [6.45, 7) is 6.59. The van der Waals surface area contributed by atoms with Gasteiger partial charge in [-0.2, -0.15) is 0 Å². The highest BCUT2D eigenvalue weighted by Gasteiger charge is 2.15. The number of nitrogens with one attached hydrogen (secondary N) is 1. The number of hydrogen-bond acceptors (Lipinski definition) is 3. The van der Waals surface area contributed by atoms with Gasteiger partial charge in [0.2, 0.25) is 0 Å². The Hall–Kier alpha value is -0.840. The molecule has 1 aliphatic heterocycles. The van der Waals surface area contributed by atoms with Crippen molar-refractivity contribution in [3.8, 4) is 0 Å². The molecule has 0 aromatic heterocycles. The molecule has 1 atom stereocenters. The van der Waals surface area contributed by atoms with Gasteiger partial charge in [0.05, 0.1) is 11.6 Å². The number of nitrogens with two attached hydrogens (primary N) is 1. The molecule has 4 nitrogen and oxygen atoms in total. The lowest BCUT2D eigenvalue weighted by atomic mass is 10.3. The van der Waals surface area contributed by atoms with Crippen LogP contribution in [-0.4, -0.2) is 25.2 Å². The third-order valence-corrected chi connectivity index (χ3v) is 2.03. The van der Waals surface area contributed by atoms with Crippen LogP contribution in [0.5, 0.6) is 0 Å². The summed E-state index contributed by atoms with van der Waals surface area (Å²) in [5.74, 6) is 0.652. The van der Waals surface area contributed by atoms with Gasteiger partial charge in [0.1, 0.15) is 12.1 Å². The zero-order valence-electron chi connectivity index (χ0n) is 8.09. The first-order valence-corrected chi connectivity index (χ1v) is 4.74. The minimum absolute atomic E-state index is 0.242. The van der Waals surface area contributed by atoms with E-state index in [4.69, 9.17) is 22.1 Å². The maximum Gasteiger partial charge on any atom is 0.147 e. The van der Waals surface area contributed by atoms with Gasteiger partial charge in [0.25, 0.3) is 0 Å². The van der Waals surface area contributed by atoms with E-state index < -0.39 is 0 Å². The van der Waals surface area contributed by atoms with Gasteiger partial charge in [-0.1, -0.05) is 18.2 Å². The molecular formula is C9H14ClN3O. The molecule has 0 radical (unpaired) electrons. The molecule has 1 heterocycles.